The van der Waals surface area contributed by atoms with Gasteiger partial charge in [0.05, 0.1) is 0 Å². The topological polar surface area (TPSA) is 12.0 Å². The van der Waals surface area contributed by atoms with Crippen molar-refractivity contribution in [3.8, 4) is 0 Å². The number of thiophene rings is 1. The van der Waals surface area contributed by atoms with E-state index in [0.29, 0.717) is 0 Å². The molecule has 1 unspecified atom stereocenters. The highest BCUT2D eigenvalue weighted by atomic mass is 79.9. The van der Waals surface area contributed by atoms with Gasteiger partial charge in [-0.2, -0.15) is 0 Å². The maximum Gasteiger partial charge on any atom is 0.123 e. The molecule has 1 N–H and O–H groups in total. The molecule has 0 spiro atoms. The summed E-state index contributed by atoms with van der Waals surface area (Å²) in [5.41, 5.74) is 1.96. The standard InChI is InChI=1S/C14H15BrFNS/c1-9-3-10(5-12(16)4-9)14(17-2)7-13-6-11(15)8-18-13/h3-6,8,14,17H,7H2,1-2H3. The van der Waals surface area contributed by atoms with Gasteiger partial charge in [-0.05, 0) is 59.2 Å². The Balaban J connectivity index is 2.22. The van der Waals surface area contributed by atoms with Gasteiger partial charge in [-0.3, -0.25) is 0 Å². The Hall–Kier alpha value is -0.710. The second-order valence-corrected chi connectivity index (χ2v) is 6.25. The number of likely N-dealkylation sites (N-methyl/N-ethyl adjacent to an activating group) is 1. The van der Waals surface area contributed by atoms with Gasteiger partial charge in [0, 0.05) is 27.2 Å². The molecule has 0 bridgehead atoms. The first-order chi connectivity index (χ1) is 8.58. The quantitative estimate of drug-likeness (QED) is 0.874. The molecule has 0 fully saturated rings. The molecule has 0 saturated heterocycles. The fraction of sp³-hybridized carbons (Fsp3) is 0.286. The summed E-state index contributed by atoms with van der Waals surface area (Å²) in [6.45, 7) is 1.92. The lowest BCUT2D eigenvalue weighted by Gasteiger charge is -2.16. The van der Waals surface area contributed by atoms with Crippen molar-refractivity contribution in [1.29, 1.82) is 0 Å². The third kappa shape index (κ3) is 3.40. The van der Waals surface area contributed by atoms with Crippen LogP contribution in [-0.4, -0.2) is 7.05 Å². The SMILES string of the molecule is CNC(Cc1cc(Br)cs1)c1cc(C)cc(F)c1. The molecule has 0 aliphatic rings. The molecule has 96 valence electrons. The first kappa shape index (κ1) is 13.7. The molecule has 1 aromatic heterocycles. The van der Waals surface area contributed by atoms with Crippen molar-refractivity contribution in [2.45, 2.75) is 19.4 Å². The first-order valence-electron chi connectivity index (χ1n) is 5.76. The van der Waals surface area contributed by atoms with Crippen LogP contribution < -0.4 is 5.32 Å². The number of rotatable bonds is 4. The van der Waals surface area contributed by atoms with Crippen molar-refractivity contribution < 1.29 is 4.39 Å². The summed E-state index contributed by atoms with van der Waals surface area (Å²) in [5, 5.41) is 5.32. The van der Waals surface area contributed by atoms with Crippen LogP contribution in [0.15, 0.2) is 34.1 Å². The van der Waals surface area contributed by atoms with Crippen LogP contribution in [0.5, 0.6) is 0 Å². The number of benzene rings is 1. The molecule has 2 aromatic rings. The minimum absolute atomic E-state index is 0.143. The van der Waals surface area contributed by atoms with Crippen molar-refractivity contribution in [3.05, 3.63) is 55.9 Å². The van der Waals surface area contributed by atoms with E-state index in [1.54, 1.807) is 23.5 Å². The van der Waals surface area contributed by atoms with Crippen LogP contribution in [0.3, 0.4) is 0 Å². The number of hydrogen-bond acceptors (Lipinski definition) is 2. The highest BCUT2D eigenvalue weighted by molar-refractivity contribution is 9.10. The summed E-state index contributed by atoms with van der Waals surface area (Å²) in [7, 11) is 1.91. The Kier molecular flexibility index (Phi) is 4.54. The minimum atomic E-state index is -0.169. The maximum absolute atomic E-state index is 13.4. The van der Waals surface area contributed by atoms with Crippen LogP contribution in [0.25, 0.3) is 0 Å². The fourth-order valence-electron chi connectivity index (χ4n) is 2.01. The molecule has 0 amide bonds. The van der Waals surface area contributed by atoms with Crippen molar-refractivity contribution in [3.63, 3.8) is 0 Å². The summed E-state index contributed by atoms with van der Waals surface area (Å²) in [6, 6.07) is 7.45. The fourth-order valence-corrected chi connectivity index (χ4v) is 3.51. The molecule has 1 atom stereocenters. The minimum Gasteiger partial charge on any atom is -0.313 e. The van der Waals surface area contributed by atoms with Crippen LogP contribution in [0.4, 0.5) is 4.39 Å². The average Bonchev–Trinajstić information content (AvgIpc) is 2.70. The lowest BCUT2D eigenvalue weighted by atomic mass is 10.0. The van der Waals surface area contributed by atoms with Crippen LogP contribution in [0, 0.1) is 12.7 Å². The number of aryl methyl sites for hydroxylation is 1. The molecular weight excluding hydrogens is 313 g/mol. The molecule has 0 aliphatic heterocycles. The van der Waals surface area contributed by atoms with E-state index in [4.69, 9.17) is 0 Å². The van der Waals surface area contributed by atoms with Gasteiger partial charge in [0.1, 0.15) is 5.82 Å². The zero-order chi connectivity index (χ0) is 13.1. The Bertz CT molecular complexity index is 518. The van der Waals surface area contributed by atoms with Gasteiger partial charge in [-0.25, -0.2) is 4.39 Å². The number of halogens is 2. The van der Waals surface area contributed by atoms with E-state index in [1.807, 2.05) is 20.0 Å². The normalized spacial score (nSPS) is 12.7. The van der Waals surface area contributed by atoms with Crippen LogP contribution in [-0.2, 0) is 6.42 Å². The van der Waals surface area contributed by atoms with Gasteiger partial charge in [-0.1, -0.05) is 6.07 Å². The van der Waals surface area contributed by atoms with Gasteiger partial charge in [0.15, 0.2) is 0 Å². The lowest BCUT2D eigenvalue weighted by Crippen LogP contribution is -2.18. The molecule has 4 heteroatoms. The Morgan fingerprint density at radius 2 is 2.11 bits per heavy atom. The summed E-state index contributed by atoms with van der Waals surface area (Å²) >= 11 is 5.17. The second kappa shape index (κ2) is 5.95. The van der Waals surface area contributed by atoms with Gasteiger partial charge in [-0.15, -0.1) is 11.3 Å². The van der Waals surface area contributed by atoms with Crippen LogP contribution in [0.2, 0.25) is 0 Å². The molecule has 18 heavy (non-hydrogen) atoms. The van der Waals surface area contributed by atoms with E-state index >= 15 is 0 Å². The van der Waals surface area contributed by atoms with Gasteiger partial charge >= 0.3 is 0 Å². The predicted molar refractivity (Wildman–Crippen MR) is 78.7 cm³/mol. The zero-order valence-electron chi connectivity index (χ0n) is 10.3. The van der Waals surface area contributed by atoms with Gasteiger partial charge in [0.2, 0.25) is 0 Å². The van der Waals surface area contributed by atoms with E-state index in [1.165, 1.54) is 4.88 Å². The van der Waals surface area contributed by atoms with E-state index in [2.05, 4.69) is 32.7 Å². The highest BCUT2D eigenvalue weighted by Crippen LogP contribution is 2.26. The largest absolute Gasteiger partial charge is 0.313 e. The van der Waals surface area contributed by atoms with E-state index in [-0.39, 0.29) is 11.9 Å². The first-order valence-corrected chi connectivity index (χ1v) is 7.43. The zero-order valence-corrected chi connectivity index (χ0v) is 12.7. The monoisotopic (exact) mass is 327 g/mol. The third-order valence-corrected chi connectivity index (χ3v) is 4.56. The molecule has 1 nitrogen and oxygen atoms in total. The van der Waals surface area contributed by atoms with Gasteiger partial charge < -0.3 is 5.32 Å². The van der Waals surface area contributed by atoms with E-state index in [9.17, 15) is 4.39 Å². The smallest absolute Gasteiger partial charge is 0.123 e. The highest BCUT2D eigenvalue weighted by Gasteiger charge is 2.12. The molecular formula is C14H15BrFNS. The molecule has 1 heterocycles. The van der Waals surface area contributed by atoms with Crippen molar-refractivity contribution >= 4 is 27.3 Å². The summed E-state index contributed by atoms with van der Waals surface area (Å²) in [5.74, 6) is -0.169. The Morgan fingerprint density at radius 1 is 1.33 bits per heavy atom. The average molecular weight is 328 g/mol. The lowest BCUT2D eigenvalue weighted by molar-refractivity contribution is 0.579. The molecule has 0 radical (unpaired) electrons. The number of nitrogens with one attached hydrogen (secondary N) is 1. The molecule has 0 aliphatic carbocycles. The summed E-state index contributed by atoms with van der Waals surface area (Å²) < 4.78 is 14.5. The predicted octanol–water partition coefficient (Wildman–Crippen LogP) is 4.46. The van der Waals surface area contributed by atoms with Crippen molar-refractivity contribution in [2.75, 3.05) is 7.05 Å². The van der Waals surface area contributed by atoms with Crippen molar-refractivity contribution in [2.24, 2.45) is 0 Å². The molecule has 2 rings (SSSR count). The van der Waals surface area contributed by atoms with Crippen LogP contribution >= 0.6 is 27.3 Å². The summed E-state index contributed by atoms with van der Waals surface area (Å²) in [6.07, 6.45) is 0.871. The third-order valence-electron chi connectivity index (χ3n) is 2.84. The second-order valence-electron chi connectivity index (χ2n) is 4.34. The van der Waals surface area contributed by atoms with Crippen molar-refractivity contribution in [1.82, 2.24) is 5.32 Å². The van der Waals surface area contributed by atoms with E-state index < -0.39 is 0 Å². The Morgan fingerprint density at radius 3 is 2.67 bits per heavy atom. The maximum atomic E-state index is 13.4. The van der Waals surface area contributed by atoms with Crippen LogP contribution in [0.1, 0.15) is 22.0 Å². The van der Waals surface area contributed by atoms with Gasteiger partial charge in [0.25, 0.3) is 0 Å². The Labute approximate surface area is 119 Å². The number of hydrogen-bond donors (Lipinski definition) is 1. The van der Waals surface area contributed by atoms with E-state index in [0.717, 1.165) is 22.0 Å². The molecule has 0 saturated carbocycles. The summed E-state index contributed by atoms with van der Waals surface area (Å²) in [4.78, 5) is 1.28. The molecule has 1 aromatic carbocycles.